The number of aromatic nitrogens is 4. The van der Waals surface area contributed by atoms with Crippen LogP contribution in [0.25, 0.3) is 16.7 Å². The van der Waals surface area contributed by atoms with Crippen LogP contribution in [0.4, 0.5) is 10.2 Å². The van der Waals surface area contributed by atoms with Crippen LogP contribution in [0.1, 0.15) is 12.8 Å². The summed E-state index contributed by atoms with van der Waals surface area (Å²) in [5.41, 5.74) is 2.07. The second-order valence-electron chi connectivity index (χ2n) is 6.46. The molecular formula is C16H16BrFN6. The van der Waals surface area contributed by atoms with Crippen LogP contribution >= 0.6 is 15.9 Å². The van der Waals surface area contributed by atoms with Crippen LogP contribution in [0.3, 0.4) is 0 Å². The molecule has 0 N–H and O–H groups in total. The Morgan fingerprint density at radius 2 is 2.12 bits per heavy atom. The van der Waals surface area contributed by atoms with Crippen molar-refractivity contribution < 1.29 is 4.39 Å². The van der Waals surface area contributed by atoms with Gasteiger partial charge in [-0.05, 0) is 41.4 Å². The smallest absolute Gasteiger partial charge is 0.199 e. The number of fused-ring (bicyclic) bond motifs is 4. The topological polar surface area (TPSA) is 49.6 Å². The van der Waals surface area contributed by atoms with Crippen LogP contribution < -0.4 is 4.90 Å². The molecule has 8 heteroatoms. The quantitative estimate of drug-likeness (QED) is 0.638. The summed E-state index contributed by atoms with van der Waals surface area (Å²) in [6.45, 7) is 4.10. The zero-order chi connectivity index (χ0) is 16.3. The molecule has 2 aliphatic rings. The second kappa shape index (κ2) is 5.35. The fourth-order valence-corrected chi connectivity index (χ4v) is 4.25. The predicted octanol–water partition coefficient (Wildman–Crippen LogP) is 2.46. The summed E-state index contributed by atoms with van der Waals surface area (Å²) in [7, 11) is 0. The Bertz CT molecular complexity index is 941. The van der Waals surface area contributed by atoms with Crippen LogP contribution in [-0.4, -0.2) is 56.7 Å². The summed E-state index contributed by atoms with van der Waals surface area (Å²) >= 11 is 3.24. The average molecular weight is 391 g/mol. The summed E-state index contributed by atoms with van der Waals surface area (Å²) in [5.74, 6) is 0.481. The summed E-state index contributed by atoms with van der Waals surface area (Å²) in [6.07, 6.45) is 4.03. The highest BCUT2D eigenvalue weighted by molar-refractivity contribution is 9.10. The molecule has 2 aliphatic heterocycles. The molecule has 0 bridgehead atoms. The van der Waals surface area contributed by atoms with Gasteiger partial charge in [0.25, 0.3) is 0 Å². The van der Waals surface area contributed by atoms with Gasteiger partial charge in [0.2, 0.25) is 0 Å². The molecule has 0 spiro atoms. The fraction of sp³-hybridized carbons (Fsp3) is 0.438. The van der Waals surface area contributed by atoms with Crippen molar-refractivity contribution in [2.75, 3.05) is 31.1 Å². The lowest BCUT2D eigenvalue weighted by molar-refractivity contribution is 0.230. The lowest BCUT2D eigenvalue weighted by atomic mass is 10.1. The average Bonchev–Trinajstić information content (AvgIpc) is 3.23. The second-order valence-corrected chi connectivity index (χ2v) is 7.32. The summed E-state index contributed by atoms with van der Waals surface area (Å²) < 4.78 is 16.1. The van der Waals surface area contributed by atoms with Crippen molar-refractivity contribution >= 4 is 38.4 Å². The van der Waals surface area contributed by atoms with E-state index in [0.717, 1.165) is 36.6 Å². The largest absolute Gasteiger partial charge is 0.351 e. The first-order valence-corrected chi connectivity index (χ1v) is 8.97. The van der Waals surface area contributed by atoms with Gasteiger partial charge in [-0.15, -0.1) is 0 Å². The highest BCUT2D eigenvalue weighted by Crippen LogP contribution is 2.30. The number of halogens is 2. The van der Waals surface area contributed by atoms with E-state index in [4.69, 9.17) is 4.98 Å². The summed E-state index contributed by atoms with van der Waals surface area (Å²) in [4.78, 5) is 14.0. The van der Waals surface area contributed by atoms with Crippen LogP contribution in [-0.2, 0) is 0 Å². The Morgan fingerprint density at radius 1 is 1.21 bits per heavy atom. The summed E-state index contributed by atoms with van der Waals surface area (Å²) in [6, 6.07) is 3.74. The Labute approximate surface area is 146 Å². The number of anilines is 1. The van der Waals surface area contributed by atoms with E-state index in [1.54, 1.807) is 10.6 Å². The lowest BCUT2D eigenvalue weighted by Crippen LogP contribution is -2.50. The maximum Gasteiger partial charge on any atom is 0.199 e. The Balaban J connectivity index is 1.67. The molecule has 0 saturated carbocycles. The molecule has 6 nitrogen and oxygen atoms in total. The highest BCUT2D eigenvalue weighted by atomic mass is 79.9. The number of hydrogen-bond acceptors (Lipinski definition) is 5. The van der Waals surface area contributed by atoms with Gasteiger partial charge < -0.3 is 4.90 Å². The number of nitrogens with zero attached hydrogens (tertiary/aromatic N) is 6. The van der Waals surface area contributed by atoms with Crippen LogP contribution in [0.5, 0.6) is 0 Å². The van der Waals surface area contributed by atoms with E-state index in [-0.39, 0.29) is 5.82 Å². The first-order valence-electron chi connectivity index (χ1n) is 8.18. The van der Waals surface area contributed by atoms with Gasteiger partial charge in [0, 0.05) is 31.7 Å². The third-order valence-electron chi connectivity index (χ3n) is 5.11. The molecule has 1 aromatic carbocycles. The minimum absolute atomic E-state index is 0.318. The Hall–Kier alpha value is -1.80. The molecule has 2 aromatic heterocycles. The molecule has 2 fully saturated rings. The zero-order valence-corrected chi connectivity index (χ0v) is 14.6. The Morgan fingerprint density at radius 3 is 3.04 bits per heavy atom. The molecule has 5 rings (SSSR count). The van der Waals surface area contributed by atoms with E-state index in [1.807, 2.05) is 0 Å². The van der Waals surface area contributed by atoms with Crippen molar-refractivity contribution in [3.63, 3.8) is 0 Å². The van der Waals surface area contributed by atoms with E-state index < -0.39 is 0 Å². The van der Waals surface area contributed by atoms with E-state index in [1.165, 1.54) is 31.8 Å². The van der Waals surface area contributed by atoms with E-state index in [2.05, 4.69) is 35.8 Å². The molecule has 24 heavy (non-hydrogen) atoms. The number of hydrogen-bond donors (Lipinski definition) is 0. The van der Waals surface area contributed by atoms with Crippen molar-refractivity contribution in [1.29, 1.82) is 0 Å². The third kappa shape index (κ3) is 2.12. The van der Waals surface area contributed by atoms with E-state index >= 15 is 0 Å². The van der Waals surface area contributed by atoms with Gasteiger partial charge in [-0.25, -0.2) is 18.9 Å². The van der Waals surface area contributed by atoms with Crippen molar-refractivity contribution in [2.24, 2.45) is 0 Å². The van der Waals surface area contributed by atoms with Crippen LogP contribution in [0.15, 0.2) is 22.9 Å². The van der Waals surface area contributed by atoms with Crippen molar-refractivity contribution in [1.82, 2.24) is 24.5 Å². The van der Waals surface area contributed by atoms with Crippen molar-refractivity contribution in [3.05, 3.63) is 28.7 Å². The predicted molar refractivity (Wildman–Crippen MR) is 92.8 cm³/mol. The van der Waals surface area contributed by atoms with E-state index in [9.17, 15) is 4.39 Å². The molecule has 0 amide bonds. The normalized spacial score (nSPS) is 21.8. The van der Waals surface area contributed by atoms with Gasteiger partial charge in [0.1, 0.15) is 12.1 Å². The molecule has 0 radical (unpaired) electrons. The molecule has 1 atom stereocenters. The van der Waals surface area contributed by atoms with Crippen LogP contribution in [0.2, 0.25) is 0 Å². The molecule has 0 aliphatic carbocycles. The van der Waals surface area contributed by atoms with Gasteiger partial charge in [-0.3, -0.25) is 4.90 Å². The van der Waals surface area contributed by atoms with Gasteiger partial charge in [0.05, 0.1) is 15.5 Å². The van der Waals surface area contributed by atoms with Gasteiger partial charge >= 0.3 is 0 Å². The number of piperazine rings is 1. The van der Waals surface area contributed by atoms with Gasteiger partial charge in [-0.2, -0.15) is 5.10 Å². The third-order valence-corrected chi connectivity index (χ3v) is 5.71. The molecule has 124 valence electrons. The molecular weight excluding hydrogens is 375 g/mol. The fourth-order valence-electron chi connectivity index (χ4n) is 3.92. The number of benzene rings is 1. The highest BCUT2D eigenvalue weighted by Gasteiger charge is 2.32. The first kappa shape index (κ1) is 14.5. The molecule has 2 saturated heterocycles. The minimum atomic E-state index is -0.318. The van der Waals surface area contributed by atoms with Crippen LogP contribution in [0, 0.1) is 5.82 Å². The number of rotatable bonds is 1. The van der Waals surface area contributed by atoms with Crippen molar-refractivity contribution in [2.45, 2.75) is 18.9 Å². The maximum absolute atomic E-state index is 14.0. The summed E-state index contributed by atoms with van der Waals surface area (Å²) in [5, 5.41) is 4.32. The Kier molecular flexibility index (Phi) is 3.24. The SMILES string of the molecule is Fc1cc2nc(N3CCN4CCCC4C3)c3ncnn3c2cc1Br. The lowest BCUT2D eigenvalue weighted by Gasteiger charge is -2.38. The maximum atomic E-state index is 14.0. The van der Waals surface area contributed by atoms with Gasteiger partial charge in [0.15, 0.2) is 11.5 Å². The minimum Gasteiger partial charge on any atom is -0.351 e. The monoisotopic (exact) mass is 390 g/mol. The standard InChI is InChI=1S/C16H16BrFN6/c17-11-6-14-13(7-12(11)18)21-16(15-19-9-20-24(14)15)23-5-4-22-3-1-2-10(22)8-23/h6-7,9-10H,1-5,8H2. The molecule has 4 heterocycles. The zero-order valence-electron chi connectivity index (χ0n) is 13.0. The molecule has 3 aromatic rings. The van der Waals surface area contributed by atoms with Crippen molar-refractivity contribution in [3.8, 4) is 0 Å². The van der Waals surface area contributed by atoms with Gasteiger partial charge in [-0.1, -0.05) is 0 Å². The van der Waals surface area contributed by atoms with E-state index in [0.29, 0.717) is 16.0 Å². The first-order chi connectivity index (χ1) is 11.7. The molecule has 1 unspecified atom stereocenters.